The fourth-order valence-corrected chi connectivity index (χ4v) is 3.80. The number of anilines is 1. The average Bonchev–Trinajstić information content (AvgIpc) is 3.16. The quantitative estimate of drug-likeness (QED) is 0.311. The van der Waals surface area contributed by atoms with Crippen molar-refractivity contribution in [3.63, 3.8) is 0 Å². The number of halogens is 4. The van der Waals surface area contributed by atoms with Crippen LogP contribution in [0.5, 0.6) is 0 Å². The number of rotatable bonds is 4. The summed E-state index contributed by atoms with van der Waals surface area (Å²) < 4.78 is 55.8. The Morgan fingerprint density at radius 3 is 2.24 bits per heavy atom. The molecule has 0 aliphatic carbocycles. The number of carbonyl (C=O) groups is 3. The topological polar surface area (TPSA) is 114 Å². The van der Waals surface area contributed by atoms with E-state index >= 15 is 0 Å². The van der Waals surface area contributed by atoms with Crippen LogP contribution in [-0.4, -0.2) is 32.7 Å². The largest absolute Gasteiger partial charge is 0.417 e. The molecular formula is C25H13F4N5O3. The van der Waals surface area contributed by atoms with Gasteiger partial charge in [0.2, 0.25) is 0 Å². The van der Waals surface area contributed by atoms with Gasteiger partial charge >= 0.3 is 6.18 Å². The summed E-state index contributed by atoms with van der Waals surface area (Å²) in [6, 6.07) is 11.8. The van der Waals surface area contributed by atoms with Gasteiger partial charge in [0.15, 0.2) is 5.82 Å². The number of imide groups is 1. The number of hydrogen-bond acceptors (Lipinski definition) is 6. The molecule has 3 heterocycles. The maximum absolute atomic E-state index is 14.9. The molecule has 2 N–H and O–H groups in total. The van der Waals surface area contributed by atoms with Crippen LogP contribution in [-0.2, 0) is 6.18 Å². The average molecular weight is 507 g/mol. The van der Waals surface area contributed by atoms with Crippen LogP contribution in [0, 0.1) is 5.82 Å². The number of aromatic nitrogens is 3. The molecule has 0 saturated heterocycles. The summed E-state index contributed by atoms with van der Waals surface area (Å²) in [5, 5.41) is 4.51. The molecule has 0 atom stereocenters. The SMILES string of the molecule is O=C(Nc1cc2c(nc1-c1ccccc1)C(=O)NC2=O)c1cc(-c2ncccn2)c(C(F)(F)F)cc1F. The Balaban J connectivity index is 1.62. The van der Waals surface area contributed by atoms with Crippen LogP contribution in [0.25, 0.3) is 22.6 Å². The third-order valence-electron chi connectivity index (χ3n) is 5.47. The van der Waals surface area contributed by atoms with E-state index in [-0.39, 0.29) is 34.5 Å². The number of hydrogen-bond donors (Lipinski definition) is 2. The smallest absolute Gasteiger partial charge is 0.320 e. The molecule has 3 amide bonds. The molecule has 0 unspecified atom stereocenters. The number of nitrogens with zero attached hydrogens (tertiary/aromatic N) is 3. The van der Waals surface area contributed by atoms with Gasteiger partial charge in [-0.25, -0.2) is 19.3 Å². The Bertz CT molecular complexity index is 1580. The zero-order valence-electron chi connectivity index (χ0n) is 18.4. The van der Waals surface area contributed by atoms with Gasteiger partial charge in [-0.2, -0.15) is 13.2 Å². The molecule has 1 aliphatic rings. The maximum Gasteiger partial charge on any atom is 0.417 e. The van der Waals surface area contributed by atoms with Crippen LogP contribution in [0.1, 0.15) is 36.8 Å². The number of nitrogens with one attached hydrogen (secondary N) is 2. The van der Waals surface area contributed by atoms with E-state index < -0.39 is 46.4 Å². The van der Waals surface area contributed by atoms with Gasteiger partial charge in [-0.05, 0) is 24.3 Å². The summed E-state index contributed by atoms with van der Waals surface area (Å²) in [6.07, 6.45) is -2.53. The highest BCUT2D eigenvalue weighted by Crippen LogP contribution is 2.38. The van der Waals surface area contributed by atoms with Crippen molar-refractivity contribution in [2.45, 2.75) is 6.18 Å². The first-order valence-electron chi connectivity index (χ1n) is 10.6. The second-order valence-electron chi connectivity index (χ2n) is 7.83. The summed E-state index contributed by atoms with van der Waals surface area (Å²) in [5.41, 5.74) is -2.47. The molecular weight excluding hydrogens is 494 g/mol. The lowest BCUT2D eigenvalue weighted by atomic mass is 10.0. The van der Waals surface area contributed by atoms with E-state index in [1.807, 2.05) is 0 Å². The van der Waals surface area contributed by atoms with Crippen LogP contribution in [0.3, 0.4) is 0 Å². The molecule has 8 nitrogen and oxygen atoms in total. The normalized spacial score (nSPS) is 12.8. The van der Waals surface area contributed by atoms with E-state index in [9.17, 15) is 31.9 Å². The maximum atomic E-state index is 14.9. The number of alkyl halides is 3. The van der Waals surface area contributed by atoms with Gasteiger partial charge in [0.25, 0.3) is 17.7 Å². The van der Waals surface area contributed by atoms with Gasteiger partial charge < -0.3 is 5.32 Å². The van der Waals surface area contributed by atoms with Crippen LogP contribution in [0.4, 0.5) is 23.2 Å². The van der Waals surface area contributed by atoms with E-state index in [1.165, 1.54) is 24.5 Å². The molecule has 5 rings (SSSR count). The molecule has 0 fully saturated rings. The summed E-state index contributed by atoms with van der Waals surface area (Å²) in [5.74, 6) is -4.38. The monoisotopic (exact) mass is 507 g/mol. The molecule has 4 aromatic rings. The minimum absolute atomic E-state index is 0.0587. The third-order valence-corrected chi connectivity index (χ3v) is 5.47. The molecule has 0 spiro atoms. The van der Waals surface area contributed by atoms with Gasteiger partial charge in [-0.3, -0.25) is 19.7 Å². The molecule has 1 aliphatic heterocycles. The van der Waals surface area contributed by atoms with Crippen molar-refractivity contribution in [1.82, 2.24) is 20.3 Å². The molecule has 2 aromatic carbocycles. The van der Waals surface area contributed by atoms with Gasteiger partial charge in [-0.15, -0.1) is 0 Å². The molecule has 0 radical (unpaired) electrons. The summed E-state index contributed by atoms with van der Waals surface area (Å²) >= 11 is 0. The van der Waals surface area contributed by atoms with E-state index in [2.05, 4.69) is 25.6 Å². The number of fused-ring (bicyclic) bond motifs is 1. The van der Waals surface area contributed by atoms with Crippen LogP contribution in [0.15, 0.2) is 67.0 Å². The highest BCUT2D eigenvalue weighted by atomic mass is 19.4. The second kappa shape index (κ2) is 8.90. The third kappa shape index (κ3) is 4.40. The lowest BCUT2D eigenvalue weighted by molar-refractivity contribution is -0.137. The number of carbonyl (C=O) groups excluding carboxylic acids is 3. The first-order chi connectivity index (χ1) is 17.6. The standard InChI is InChI=1S/C25H13F4N5O3/c26-17-11-16(25(27,28)29)13(21-30-7-4-8-31-21)9-14(17)22(35)32-18-10-15-20(24(37)34-23(15)36)33-19(18)12-5-2-1-3-6-12/h1-11H,(H,32,35)(H,34,36,37). The zero-order valence-corrected chi connectivity index (χ0v) is 18.4. The number of amides is 3. The summed E-state index contributed by atoms with van der Waals surface area (Å²) in [7, 11) is 0. The van der Waals surface area contributed by atoms with Crippen molar-refractivity contribution in [3.8, 4) is 22.6 Å². The molecule has 0 bridgehead atoms. The molecule has 37 heavy (non-hydrogen) atoms. The van der Waals surface area contributed by atoms with Crippen LogP contribution >= 0.6 is 0 Å². The predicted octanol–water partition coefficient (Wildman–Crippen LogP) is 4.50. The Labute approximate surface area is 205 Å². The molecule has 2 aromatic heterocycles. The van der Waals surface area contributed by atoms with Gasteiger partial charge in [0.05, 0.1) is 28.1 Å². The van der Waals surface area contributed by atoms with Crippen molar-refractivity contribution in [3.05, 3.63) is 95.2 Å². The summed E-state index contributed by atoms with van der Waals surface area (Å²) in [6.45, 7) is 0. The van der Waals surface area contributed by atoms with Crippen molar-refractivity contribution in [2.75, 3.05) is 5.32 Å². The predicted molar refractivity (Wildman–Crippen MR) is 122 cm³/mol. The van der Waals surface area contributed by atoms with Crippen LogP contribution < -0.4 is 10.6 Å². The fourth-order valence-electron chi connectivity index (χ4n) is 3.80. The van der Waals surface area contributed by atoms with E-state index in [0.717, 1.165) is 0 Å². The lowest BCUT2D eigenvalue weighted by Gasteiger charge is -2.16. The Hall–Kier alpha value is -5.00. The van der Waals surface area contributed by atoms with E-state index in [4.69, 9.17) is 0 Å². The lowest BCUT2D eigenvalue weighted by Crippen LogP contribution is -2.20. The van der Waals surface area contributed by atoms with Crippen molar-refractivity contribution < 1.29 is 31.9 Å². The van der Waals surface area contributed by atoms with Crippen molar-refractivity contribution in [1.29, 1.82) is 0 Å². The minimum atomic E-state index is -4.95. The minimum Gasteiger partial charge on any atom is -0.320 e. The first kappa shape index (κ1) is 23.7. The Morgan fingerprint density at radius 1 is 0.865 bits per heavy atom. The molecule has 12 heteroatoms. The highest BCUT2D eigenvalue weighted by molar-refractivity contribution is 6.21. The van der Waals surface area contributed by atoms with E-state index in [1.54, 1.807) is 30.3 Å². The van der Waals surface area contributed by atoms with Crippen molar-refractivity contribution >= 4 is 23.4 Å². The summed E-state index contributed by atoms with van der Waals surface area (Å²) in [4.78, 5) is 49.2. The zero-order chi connectivity index (χ0) is 26.3. The Kier molecular flexibility index (Phi) is 5.71. The number of benzene rings is 2. The van der Waals surface area contributed by atoms with E-state index in [0.29, 0.717) is 11.6 Å². The van der Waals surface area contributed by atoms with Crippen LogP contribution in [0.2, 0.25) is 0 Å². The van der Waals surface area contributed by atoms with Gasteiger partial charge in [0, 0.05) is 23.5 Å². The fraction of sp³-hybridized carbons (Fsp3) is 0.0400. The highest BCUT2D eigenvalue weighted by Gasteiger charge is 2.37. The Morgan fingerprint density at radius 2 is 1.57 bits per heavy atom. The van der Waals surface area contributed by atoms with Gasteiger partial charge in [-0.1, -0.05) is 30.3 Å². The molecule has 0 saturated carbocycles. The number of pyridine rings is 1. The first-order valence-corrected chi connectivity index (χ1v) is 10.6. The second-order valence-corrected chi connectivity index (χ2v) is 7.83. The molecule has 184 valence electrons. The van der Waals surface area contributed by atoms with Crippen molar-refractivity contribution in [2.24, 2.45) is 0 Å². The van der Waals surface area contributed by atoms with Gasteiger partial charge in [0.1, 0.15) is 11.5 Å².